The van der Waals surface area contributed by atoms with E-state index in [9.17, 15) is 0 Å². The van der Waals surface area contributed by atoms with Gasteiger partial charge in [0.1, 0.15) is 0 Å². The van der Waals surface area contributed by atoms with Crippen molar-refractivity contribution in [2.24, 2.45) is 0 Å². The Morgan fingerprint density at radius 2 is 0.920 bits per heavy atom. The van der Waals surface area contributed by atoms with Crippen LogP contribution in [0.15, 0.2) is 103 Å². The third-order valence-corrected chi connectivity index (χ3v) is 4.62. The quantitative estimate of drug-likeness (QED) is 0.366. The number of rotatable bonds is 3. The number of hydrogen-bond acceptors (Lipinski definition) is 0. The minimum Gasteiger partial charge on any atom is -0.0843 e. The topological polar surface area (TPSA) is 0 Å². The summed E-state index contributed by atoms with van der Waals surface area (Å²) in [7, 11) is 0. The molecule has 0 spiro atoms. The zero-order valence-electron chi connectivity index (χ0n) is 13.7. The summed E-state index contributed by atoms with van der Waals surface area (Å²) in [4.78, 5) is 0. The molecule has 0 amide bonds. The third-order valence-electron chi connectivity index (χ3n) is 4.37. The molecule has 4 aromatic carbocycles. The van der Waals surface area contributed by atoms with Gasteiger partial charge < -0.3 is 0 Å². The summed E-state index contributed by atoms with van der Waals surface area (Å²) >= 11 is 6.03. The molecule has 0 saturated heterocycles. The van der Waals surface area contributed by atoms with Crippen molar-refractivity contribution >= 4 is 11.6 Å². The summed E-state index contributed by atoms with van der Waals surface area (Å²) in [6.07, 6.45) is 0. The van der Waals surface area contributed by atoms with Crippen LogP contribution in [0, 0.1) is 0 Å². The highest BCUT2D eigenvalue weighted by molar-refractivity contribution is 6.30. The molecule has 0 heterocycles. The van der Waals surface area contributed by atoms with E-state index in [1.807, 2.05) is 18.2 Å². The largest absolute Gasteiger partial charge is 0.0843 e. The first kappa shape index (κ1) is 15.7. The van der Waals surface area contributed by atoms with Crippen LogP contribution in [0.2, 0.25) is 5.02 Å². The van der Waals surface area contributed by atoms with Crippen LogP contribution in [-0.4, -0.2) is 0 Å². The smallest absolute Gasteiger partial charge is 0.0406 e. The first-order valence-corrected chi connectivity index (χ1v) is 8.70. The van der Waals surface area contributed by atoms with Crippen LogP contribution >= 0.6 is 11.6 Å². The van der Waals surface area contributed by atoms with E-state index < -0.39 is 0 Å². The Morgan fingerprint density at radius 1 is 0.400 bits per heavy atom. The molecule has 0 radical (unpaired) electrons. The minimum absolute atomic E-state index is 0.757. The fraction of sp³-hybridized carbons (Fsp3) is 0. The molecule has 0 aliphatic carbocycles. The van der Waals surface area contributed by atoms with Gasteiger partial charge in [0.15, 0.2) is 0 Å². The number of hydrogen-bond donors (Lipinski definition) is 0. The average molecular weight is 341 g/mol. The Bertz CT molecular complexity index is 971. The fourth-order valence-corrected chi connectivity index (χ4v) is 3.22. The van der Waals surface area contributed by atoms with E-state index in [0.29, 0.717) is 0 Å². The highest BCUT2D eigenvalue weighted by Gasteiger charge is 2.09. The van der Waals surface area contributed by atoms with Crippen LogP contribution in [0.4, 0.5) is 0 Å². The maximum atomic E-state index is 6.03. The van der Waals surface area contributed by atoms with Gasteiger partial charge >= 0.3 is 0 Å². The third kappa shape index (κ3) is 3.35. The number of benzene rings is 4. The molecule has 25 heavy (non-hydrogen) atoms. The second-order valence-electron chi connectivity index (χ2n) is 6.00. The Morgan fingerprint density at radius 3 is 1.52 bits per heavy atom. The van der Waals surface area contributed by atoms with Gasteiger partial charge in [-0.2, -0.15) is 0 Å². The predicted molar refractivity (Wildman–Crippen MR) is 108 cm³/mol. The summed E-state index contributed by atoms with van der Waals surface area (Å²) in [6, 6.07) is 35.7. The van der Waals surface area contributed by atoms with Crippen LogP contribution in [0.3, 0.4) is 0 Å². The van der Waals surface area contributed by atoms with Gasteiger partial charge in [-0.3, -0.25) is 0 Å². The second kappa shape index (κ2) is 6.96. The summed E-state index contributed by atoms with van der Waals surface area (Å²) in [5, 5.41) is 0.757. The van der Waals surface area contributed by atoms with Crippen molar-refractivity contribution in [1.29, 1.82) is 0 Å². The van der Waals surface area contributed by atoms with Gasteiger partial charge in [-0.05, 0) is 51.6 Å². The fourth-order valence-electron chi connectivity index (χ4n) is 3.09. The SMILES string of the molecule is Clc1ccc(-c2ccc(-c3ccccc3)c(-c3ccccc3)c2)cc1. The highest BCUT2D eigenvalue weighted by Crippen LogP contribution is 2.35. The van der Waals surface area contributed by atoms with Crippen LogP contribution in [0.25, 0.3) is 33.4 Å². The molecule has 0 aliphatic rings. The molecule has 1 heteroatoms. The first-order chi connectivity index (χ1) is 12.3. The Labute approximate surface area is 153 Å². The summed E-state index contributed by atoms with van der Waals surface area (Å²) in [6.45, 7) is 0. The van der Waals surface area contributed by atoms with Crippen molar-refractivity contribution in [3.63, 3.8) is 0 Å². The van der Waals surface area contributed by atoms with Gasteiger partial charge in [0.05, 0.1) is 0 Å². The Kier molecular flexibility index (Phi) is 4.37. The van der Waals surface area contributed by atoms with Gasteiger partial charge in [-0.1, -0.05) is 96.5 Å². The van der Waals surface area contributed by atoms with E-state index >= 15 is 0 Å². The molecular weight excluding hydrogens is 324 g/mol. The standard InChI is InChI=1S/C24H17Cl/c25-22-14-11-18(12-15-22)21-13-16-23(19-7-3-1-4-8-19)24(17-21)20-9-5-2-6-10-20/h1-17H. The van der Waals surface area contributed by atoms with Crippen molar-refractivity contribution in [2.75, 3.05) is 0 Å². The van der Waals surface area contributed by atoms with Gasteiger partial charge in [0.2, 0.25) is 0 Å². The van der Waals surface area contributed by atoms with Gasteiger partial charge in [-0.25, -0.2) is 0 Å². The molecule has 0 aromatic heterocycles. The van der Waals surface area contributed by atoms with Crippen molar-refractivity contribution in [1.82, 2.24) is 0 Å². The molecule has 4 aromatic rings. The Hall–Kier alpha value is -2.83. The monoisotopic (exact) mass is 340 g/mol. The first-order valence-electron chi connectivity index (χ1n) is 8.32. The second-order valence-corrected chi connectivity index (χ2v) is 6.44. The van der Waals surface area contributed by atoms with E-state index in [0.717, 1.165) is 5.02 Å². The van der Waals surface area contributed by atoms with Crippen molar-refractivity contribution in [3.8, 4) is 33.4 Å². The minimum atomic E-state index is 0.757. The van der Waals surface area contributed by atoms with Gasteiger partial charge in [-0.15, -0.1) is 0 Å². The van der Waals surface area contributed by atoms with Crippen LogP contribution in [-0.2, 0) is 0 Å². The van der Waals surface area contributed by atoms with E-state index in [1.54, 1.807) is 0 Å². The molecule has 0 bridgehead atoms. The van der Waals surface area contributed by atoms with E-state index in [4.69, 9.17) is 11.6 Å². The average Bonchev–Trinajstić information content (AvgIpc) is 2.69. The van der Waals surface area contributed by atoms with Crippen molar-refractivity contribution in [2.45, 2.75) is 0 Å². The molecule has 4 rings (SSSR count). The molecule has 0 unspecified atom stereocenters. The normalized spacial score (nSPS) is 10.6. The lowest BCUT2D eigenvalue weighted by atomic mass is 9.91. The molecule has 0 atom stereocenters. The van der Waals surface area contributed by atoms with Gasteiger partial charge in [0.25, 0.3) is 0 Å². The highest BCUT2D eigenvalue weighted by atomic mass is 35.5. The van der Waals surface area contributed by atoms with Crippen molar-refractivity contribution < 1.29 is 0 Å². The zero-order chi connectivity index (χ0) is 17.1. The summed E-state index contributed by atoms with van der Waals surface area (Å²) in [5.41, 5.74) is 7.28. The lowest BCUT2D eigenvalue weighted by Gasteiger charge is -2.13. The van der Waals surface area contributed by atoms with Crippen molar-refractivity contribution in [3.05, 3.63) is 108 Å². The molecule has 0 fully saturated rings. The Balaban J connectivity index is 1.90. The summed E-state index contributed by atoms with van der Waals surface area (Å²) in [5.74, 6) is 0. The zero-order valence-corrected chi connectivity index (χ0v) is 14.4. The van der Waals surface area contributed by atoms with Crippen LogP contribution in [0.5, 0.6) is 0 Å². The maximum absolute atomic E-state index is 6.03. The van der Waals surface area contributed by atoms with E-state index in [-0.39, 0.29) is 0 Å². The maximum Gasteiger partial charge on any atom is 0.0406 e. The lowest BCUT2D eigenvalue weighted by molar-refractivity contribution is 1.56. The molecule has 0 N–H and O–H groups in total. The number of halogens is 1. The van der Waals surface area contributed by atoms with Crippen LogP contribution < -0.4 is 0 Å². The molecule has 0 aliphatic heterocycles. The van der Waals surface area contributed by atoms with Crippen LogP contribution in [0.1, 0.15) is 0 Å². The molecule has 120 valence electrons. The molecular formula is C24H17Cl. The van der Waals surface area contributed by atoms with Gasteiger partial charge in [0, 0.05) is 5.02 Å². The van der Waals surface area contributed by atoms with E-state index in [2.05, 4.69) is 84.9 Å². The van der Waals surface area contributed by atoms with E-state index in [1.165, 1.54) is 33.4 Å². The molecule has 0 saturated carbocycles. The molecule has 0 nitrogen and oxygen atoms in total. The predicted octanol–water partition coefficient (Wildman–Crippen LogP) is 7.34. The summed E-state index contributed by atoms with van der Waals surface area (Å²) < 4.78 is 0. The lowest BCUT2D eigenvalue weighted by Crippen LogP contribution is -1.87.